The summed E-state index contributed by atoms with van der Waals surface area (Å²) in [6, 6.07) is 0.956. The van der Waals surface area contributed by atoms with Gasteiger partial charge in [-0.3, -0.25) is 9.78 Å². The number of aromatic amines is 1. The number of carbonyl (C=O) groups is 1. The first kappa shape index (κ1) is 16.3. The van der Waals surface area contributed by atoms with Crippen LogP contribution in [0.1, 0.15) is 25.7 Å². The van der Waals surface area contributed by atoms with Gasteiger partial charge in [0.1, 0.15) is 16.8 Å². The minimum atomic E-state index is -4.28. The van der Waals surface area contributed by atoms with Crippen LogP contribution in [0.15, 0.2) is 26.2 Å². The molecule has 2 atom stereocenters. The number of hydrogen-bond acceptors (Lipinski definition) is 5. The number of halogens is 1. The molecule has 2 unspecified atom stereocenters. The Bertz CT molecular complexity index is 1010. The molecule has 2 aromatic rings. The van der Waals surface area contributed by atoms with Gasteiger partial charge in [-0.1, -0.05) is 0 Å². The number of hydrogen-bond donors (Lipinski definition) is 2. The number of H-pyrrole nitrogens is 1. The number of nitrogens with zero attached hydrogens (tertiary/aromatic N) is 1. The molecule has 0 saturated carbocycles. The molecule has 2 fully saturated rings. The van der Waals surface area contributed by atoms with E-state index in [4.69, 9.17) is 4.42 Å². The fourth-order valence-electron chi connectivity index (χ4n) is 3.62. The van der Waals surface area contributed by atoms with Crippen LogP contribution in [0, 0.1) is 5.82 Å². The van der Waals surface area contributed by atoms with Crippen molar-refractivity contribution in [2.75, 3.05) is 6.54 Å². The van der Waals surface area contributed by atoms with E-state index in [0.717, 1.165) is 31.4 Å². The van der Waals surface area contributed by atoms with E-state index in [0.29, 0.717) is 13.0 Å². The SMILES string of the molecule is O=C1C(NS(=O)(=O)c2cc3oc(=O)[nH]c3cc2F)CC2CCCCN12. The fraction of sp³-hybridized carbons (Fsp3) is 0.467. The molecule has 3 heterocycles. The van der Waals surface area contributed by atoms with Gasteiger partial charge in [-0.05, 0) is 25.7 Å². The lowest BCUT2D eigenvalue weighted by Gasteiger charge is -2.29. The van der Waals surface area contributed by atoms with Crippen molar-refractivity contribution in [3.8, 4) is 0 Å². The average molecular weight is 369 g/mol. The third kappa shape index (κ3) is 2.74. The maximum atomic E-state index is 14.2. The van der Waals surface area contributed by atoms with Crippen molar-refractivity contribution >= 4 is 27.0 Å². The summed E-state index contributed by atoms with van der Waals surface area (Å²) in [5, 5.41) is 0. The highest BCUT2D eigenvalue weighted by molar-refractivity contribution is 7.89. The van der Waals surface area contributed by atoms with Crippen LogP contribution in [-0.2, 0) is 14.8 Å². The van der Waals surface area contributed by atoms with Crippen molar-refractivity contribution < 1.29 is 22.0 Å². The van der Waals surface area contributed by atoms with Crippen LogP contribution in [0.25, 0.3) is 11.1 Å². The van der Waals surface area contributed by atoms with E-state index >= 15 is 0 Å². The van der Waals surface area contributed by atoms with Crippen LogP contribution in [0.4, 0.5) is 4.39 Å². The van der Waals surface area contributed by atoms with Crippen LogP contribution >= 0.6 is 0 Å². The maximum Gasteiger partial charge on any atom is 0.417 e. The van der Waals surface area contributed by atoms with E-state index in [1.807, 2.05) is 0 Å². The van der Waals surface area contributed by atoms with Gasteiger partial charge in [-0.25, -0.2) is 17.6 Å². The molecule has 2 saturated heterocycles. The molecule has 1 aromatic heterocycles. The number of nitrogens with one attached hydrogen (secondary N) is 2. The van der Waals surface area contributed by atoms with Gasteiger partial charge in [-0.2, -0.15) is 4.72 Å². The summed E-state index contributed by atoms with van der Waals surface area (Å²) >= 11 is 0. The molecule has 4 rings (SSSR count). The lowest BCUT2D eigenvalue weighted by molar-refractivity contribution is -0.131. The molecular weight excluding hydrogens is 353 g/mol. The lowest BCUT2D eigenvalue weighted by atomic mass is 10.0. The molecule has 8 nitrogen and oxygen atoms in total. The third-order valence-corrected chi connectivity index (χ3v) is 6.26. The Morgan fingerprint density at radius 3 is 2.84 bits per heavy atom. The lowest BCUT2D eigenvalue weighted by Crippen LogP contribution is -2.43. The van der Waals surface area contributed by atoms with Gasteiger partial charge in [0.2, 0.25) is 15.9 Å². The highest BCUT2D eigenvalue weighted by Gasteiger charge is 2.42. The third-order valence-electron chi connectivity index (χ3n) is 4.78. The van der Waals surface area contributed by atoms with Gasteiger partial charge in [0.05, 0.1) is 5.52 Å². The molecule has 2 N–H and O–H groups in total. The van der Waals surface area contributed by atoms with Crippen molar-refractivity contribution in [1.82, 2.24) is 14.6 Å². The number of oxazole rings is 1. The number of rotatable bonds is 3. The Labute approximate surface area is 142 Å². The normalized spacial score (nSPS) is 24.0. The summed E-state index contributed by atoms with van der Waals surface area (Å²) in [6.45, 7) is 0.622. The zero-order valence-corrected chi connectivity index (χ0v) is 13.9. The van der Waals surface area contributed by atoms with Crippen molar-refractivity contribution in [2.45, 2.75) is 42.7 Å². The van der Waals surface area contributed by atoms with Crippen LogP contribution in [-0.4, -0.2) is 42.8 Å². The molecule has 134 valence electrons. The highest BCUT2D eigenvalue weighted by Crippen LogP contribution is 2.29. The molecule has 0 aliphatic carbocycles. The molecular formula is C15H16FN3O5S. The Morgan fingerprint density at radius 1 is 1.28 bits per heavy atom. The van der Waals surface area contributed by atoms with Crippen LogP contribution in [0.3, 0.4) is 0 Å². The molecule has 2 aliphatic heterocycles. The molecule has 10 heteroatoms. The molecule has 2 aliphatic rings. The largest absolute Gasteiger partial charge is 0.417 e. The van der Waals surface area contributed by atoms with Crippen molar-refractivity contribution in [3.63, 3.8) is 0 Å². The Kier molecular flexibility index (Phi) is 3.69. The van der Waals surface area contributed by atoms with E-state index in [2.05, 4.69) is 9.71 Å². The van der Waals surface area contributed by atoms with Gasteiger partial charge in [0, 0.05) is 24.7 Å². The number of fused-ring (bicyclic) bond motifs is 2. The van der Waals surface area contributed by atoms with E-state index in [1.54, 1.807) is 4.90 Å². The summed E-state index contributed by atoms with van der Waals surface area (Å²) in [5.41, 5.74) is -0.00235. The Hall–Kier alpha value is -2.20. The molecule has 0 radical (unpaired) electrons. The second-order valence-electron chi connectivity index (χ2n) is 6.38. The maximum absolute atomic E-state index is 14.2. The number of aromatic nitrogens is 1. The van der Waals surface area contributed by atoms with E-state index in [1.165, 1.54) is 0 Å². The fourth-order valence-corrected chi connectivity index (χ4v) is 4.89. The Balaban J connectivity index is 1.65. The zero-order chi connectivity index (χ0) is 17.8. The predicted molar refractivity (Wildman–Crippen MR) is 84.9 cm³/mol. The number of carbonyl (C=O) groups excluding carboxylic acids is 1. The first-order valence-corrected chi connectivity index (χ1v) is 9.49. The van der Waals surface area contributed by atoms with Crippen molar-refractivity contribution in [3.05, 3.63) is 28.5 Å². The quantitative estimate of drug-likeness (QED) is 0.827. The minimum absolute atomic E-state index is 0.0315. The first-order valence-electron chi connectivity index (χ1n) is 8.00. The number of benzene rings is 1. The number of amides is 1. The predicted octanol–water partition coefficient (Wildman–Crippen LogP) is 0.692. The monoisotopic (exact) mass is 369 g/mol. The van der Waals surface area contributed by atoms with Crippen molar-refractivity contribution in [2.24, 2.45) is 0 Å². The average Bonchev–Trinajstić information content (AvgIpc) is 3.06. The van der Waals surface area contributed by atoms with Gasteiger partial charge in [0.25, 0.3) is 0 Å². The zero-order valence-electron chi connectivity index (χ0n) is 13.1. The van der Waals surface area contributed by atoms with Crippen LogP contribution < -0.4 is 10.5 Å². The molecule has 1 amide bonds. The summed E-state index contributed by atoms with van der Waals surface area (Å²) in [6.07, 6.45) is 3.13. The molecule has 0 spiro atoms. The summed E-state index contributed by atoms with van der Waals surface area (Å²) in [7, 11) is -4.28. The minimum Gasteiger partial charge on any atom is -0.408 e. The highest BCUT2D eigenvalue weighted by atomic mass is 32.2. The molecule has 25 heavy (non-hydrogen) atoms. The number of sulfonamides is 1. The molecule has 1 aromatic carbocycles. The summed E-state index contributed by atoms with van der Waals surface area (Å²) in [5.74, 6) is -2.11. The van der Waals surface area contributed by atoms with Gasteiger partial charge < -0.3 is 9.32 Å². The van der Waals surface area contributed by atoms with Crippen LogP contribution in [0.2, 0.25) is 0 Å². The van der Waals surface area contributed by atoms with Gasteiger partial charge >= 0.3 is 5.76 Å². The second-order valence-corrected chi connectivity index (χ2v) is 8.07. The summed E-state index contributed by atoms with van der Waals surface area (Å²) < 4.78 is 46.4. The number of piperidine rings is 1. The van der Waals surface area contributed by atoms with E-state index in [-0.39, 0.29) is 23.0 Å². The molecule has 0 bridgehead atoms. The topological polar surface area (TPSA) is 112 Å². The standard InChI is InChI=1S/C15H16FN3O5S/c16-9-6-10-12(24-15(21)17-10)7-13(9)25(22,23)18-11-5-8-3-1-2-4-19(8)14(11)20/h6-8,11,18H,1-5H2,(H,17,21). The smallest absolute Gasteiger partial charge is 0.408 e. The van der Waals surface area contributed by atoms with Gasteiger partial charge in [0.15, 0.2) is 5.58 Å². The second kappa shape index (κ2) is 5.67. The van der Waals surface area contributed by atoms with Gasteiger partial charge in [-0.15, -0.1) is 0 Å². The Morgan fingerprint density at radius 2 is 2.08 bits per heavy atom. The van der Waals surface area contributed by atoms with E-state index < -0.39 is 32.5 Å². The summed E-state index contributed by atoms with van der Waals surface area (Å²) in [4.78, 5) is 26.9. The van der Waals surface area contributed by atoms with Crippen LogP contribution in [0.5, 0.6) is 0 Å². The first-order chi connectivity index (χ1) is 11.8. The van der Waals surface area contributed by atoms with Crippen molar-refractivity contribution in [1.29, 1.82) is 0 Å². The van der Waals surface area contributed by atoms with E-state index in [9.17, 15) is 22.4 Å².